The number of anilines is 1. The summed E-state index contributed by atoms with van der Waals surface area (Å²) in [5, 5.41) is 12.6. The van der Waals surface area contributed by atoms with E-state index in [1.54, 1.807) is 41.6 Å². The van der Waals surface area contributed by atoms with Gasteiger partial charge in [0.2, 0.25) is 5.91 Å². The fraction of sp³-hybridized carbons (Fsp3) is 0.542. The molecule has 0 unspecified atom stereocenters. The second kappa shape index (κ2) is 10.2. The number of nitrogens with one attached hydrogen (secondary N) is 1. The number of rotatable bonds is 8. The van der Waals surface area contributed by atoms with Gasteiger partial charge in [0.15, 0.2) is 10.8 Å². The summed E-state index contributed by atoms with van der Waals surface area (Å²) in [5.74, 6) is -0.618. The number of aliphatic hydroxyl groups excluding tert-OH is 1. The Morgan fingerprint density at radius 3 is 2.69 bits per heavy atom. The first-order valence-electron chi connectivity index (χ1n) is 12.0. The normalized spacial score (nSPS) is 21.4. The summed E-state index contributed by atoms with van der Waals surface area (Å²) in [6.07, 6.45) is 3.82. The number of aryl methyl sites for hydroxylation is 1. The molecule has 4 rings (SSSR count). The quantitative estimate of drug-likeness (QED) is 0.537. The molecule has 0 spiro atoms. The zero-order valence-electron chi connectivity index (χ0n) is 20.9. The molecule has 1 aliphatic heterocycles. The van der Waals surface area contributed by atoms with Crippen LogP contribution < -0.4 is 10.1 Å². The van der Waals surface area contributed by atoms with Crippen molar-refractivity contribution in [2.45, 2.75) is 43.9 Å². The van der Waals surface area contributed by atoms with Crippen molar-refractivity contribution in [2.75, 3.05) is 32.1 Å². The van der Waals surface area contributed by atoms with Crippen LogP contribution in [0.15, 0.2) is 35.7 Å². The van der Waals surface area contributed by atoms with E-state index in [0.29, 0.717) is 5.69 Å². The number of para-hydroxylation sites is 1. The molecule has 0 bridgehead atoms. The summed E-state index contributed by atoms with van der Waals surface area (Å²) in [6, 6.07) is 4.49. The number of likely N-dealkylation sites (N-methyl/N-ethyl adjacent to an activating group) is 1. The van der Waals surface area contributed by atoms with E-state index in [-0.39, 0.29) is 59.7 Å². The second-order valence-electron chi connectivity index (χ2n) is 9.73. The number of nitrogens with zero attached hydrogens (tertiary/aromatic N) is 4. The molecular weight excluding hydrogens is 486 g/mol. The highest BCUT2D eigenvalue weighted by Crippen LogP contribution is 2.37. The predicted octanol–water partition coefficient (Wildman–Crippen LogP) is 1.31. The summed E-state index contributed by atoms with van der Waals surface area (Å²) in [6.45, 7) is 3.62. The zero-order chi connectivity index (χ0) is 26.2. The van der Waals surface area contributed by atoms with Gasteiger partial charge in [-0.25, -0.2) is 13.4 Å². The highest BCUT2D eigenvalue weighted by atomic mass is 32.2. The first-order valence-corrected chi connectivity index (χ1v) is 13.4. The fourth-order valence-electron chi connectivity index (χ4n) is 4.17. The molecule has 12 heteroatoms. The van der Waals surface area contributed by atoms with Crippen LogP contribution >= 0.6 is 0 Å². The lowest BCUT2D eigenvalue weighted by atomic mass is 9.99. The van der Waals surface area contributed by atoms with Crippen LogP contribution in [0.25, 0.3) is 0 Å². The number of carbonyl (C=O) groups excluding carboxylic acids is 2. The molecule has 2 aliphatic rings. The number of sulfonamides is 1. The van der Waals surface area contributed by atoms with Gasteiger partial charge in [-0.05, 0) is 31.9 Å². The number of hydrogen-bond donors (Lipinski definition) is 2. The third kappa shape index (κ3) is 5.25. The van der Waals surface area contributed by atoms with Crippen LogP contribution in [-0.4, -0.2) is 83.0 Å². The maximum Gasteiger partial charge on any atom is 0.261 e. The number of hydrogen-bond acceptors (Lipinski definition) is 7. The Balaban J connectivity index is 1.70. The van der Waals surface area contributed by atoms with Gasteiger partial charge in [0.05, 0.1) is 36.8 Å². The number of amides is 2. The van der Waals surface area contributed by atoms with Gasteiger partial charge in [0.1, 0.15) is 6.10 Å². The maximum atomic E-state index is 13.5. The topological polar surface area (TPSA) is 134 Å². The van der Waals surface area contributed by atoms with Crippen LogP contribution in [-0.2, 0) is 21.9 Å². The van der Waals surface area contributed by atoms with Gasteiger partial charge in [-0.15, -0.1) is 0 Å². The Morgan fingerprint density at radius 1 is 1.36 bits per heavy atom. The number of carbonyl (C=O) groups is 2. The van der Waals surface area contributed by atoms with Crippen molar-refractivity contribution in [1.29, 1.82) is 0 Å². The zero-order valence-corrected chi connectivity index (χ0v) is 21.7. The number of ether oxygens (including phenoxy) is 1. The molecule has 1 fully saturated rings. The molecule has 36 heavy (non-hydrogen) atoms. The molecule has 196 valence electrons. The van der Waals surface area contributed by atoms with Crippen LogP contribution in [0.1, 0.15) is 37.0 Å². The smallest absolute Gasteiger partial charge is 0.261 e. The Kier molecular flexibility index (Phi) is 7.39. The minimum absolute atomic E-state index is 0.0139. The first kappa shape index (κ1) is 26.1. The van der Waals surface area contributed by atoms with Gasteiger partial charge >= 0.3 is 0 Å². The third-order valence-electron chi connectivity index (χ3n) is 6.69. The molecule has 3 atom stereocenters. The number of fused-ring (bicyclic) bond motifs is 1. The summed E-state index contributed by atoms with van der Waals surface area (Å²) in [7, 11) is -0.739. The van der Waals surface area contributed by atoms with E-state index in [1.165, 1.54) is 23.9 Å². The molecule has 1 aliphatic carbocycles. The molecule has 2 aromatic rings. The average Bonchev–Trinajstić information content (AvgIpc) is 3.61. The van der Waals surface area contributed by atoms with Crippen molar-refractivity contribution >= 4 is 27.5 Å². The van der Waals surface area contributed by atoms with Crippen molar-refractivity contribution in [3.05, 3.63) is 36.3 Å². The van der Waals surface area contributed by atoms with E-state index in [0.717, 1.165) is 12.8 Å². The molecule has 0 saturated heterocycles. The third-order valence-corrected chi connectivity index (χ3v) is 8.40. The standard InChI is InChI=1S/C24H33N5O6S/c1-15-10-29(16(2)13-30)24(32)18-6-5-7-19(26-23(31)17-8-9-17)22(18)35-20(15)11-28(4)36(33,34)21-12-27(3)14-25-21/h5-7,12,14-17,20,30H,8-11,13H2,1-4H3,(H,26,31)/t15-,16+,20-/m1/s1. The van der Waals surface area contributed by atoms with Crippen LogP contribution in [0, 0.1) is 11.8 Å². The van der Waals surface area contributed by atoms with Crippen molar-refractivity contribution in [3.8, 4) is 5.75 Å². The molecule has 11 nitrogen and oxygen atoms in total. The Labute approximate surface area is 211 Å². The molecule has 2 heterocycles. The lowest BCUT2D eigenvalue weighted by molar-refractivity contribution is -0.117. The van der Waals surface area contributed by atoms with E-state index >= 15 is 0 Å². The largest absolute Gasteiger partial charge is 0.486 e. The average molecular weight is 520 g/mol. The lowest BCUT2D eigenvalue weighted by Crippen LogP contribution is -2.50. The molecule has 1 aromatic heterocycles. The molecule has 1 saturated carbocycles. The van der Waals surface area contributed by atoms with E-state index in [9.17, 15) is 23.1 Å². The monoisotopic (exact) mass is 519 g/mol. The van der Waals surface area contributed by atoms with E-state index in [1.807, 2.05) is 6.92 Å². The molecular formula is C24H33N5O6S. The van der Waals surface area contributed by atoms with Gasteiger partial charge in [0, 0.05) is 38.7 Å². The van der Waals surface area contributed by atoms with Gasteiger partial charge < -0.3 is 24.6 Å². The highest BCUT2D eigenvalue weighted by molar-refractivity contribution is 7.89. The first-order chi connectivity index (χ1) is 17.0. The van der Waals surface area contributed by atoms with Gasteiger partial charge in [-0.1, -0.05) is 13.0 Å². The van der Waals surface area contributed by atoms with Crippen molar-refractivity contribution in [1.82, 2.24) is 18.8 Å². The van der Waals surface area contributed by atoms with Gasteiger partial charge in [0.25, 0.3) is 15.9 Å². The second-order valence-corrected chi connectivity index (χ2v) is 11.7. The minimum atomic E-state index is -3.89. The van der Waals surface area contributed by atoms with Crippen LogP contribution in [0.5, 0.6) is 5.75 Å². The number of benzene rings is 1. The van der Waals surface area contributed by atoms with Crippen molar-refractivity contribution in [2.24, 2.45) is 18.9 Å². The fourth-order valence-corrected chi connectivity index (χ4v) is 5.32. The highest BCUT2D eigenvalue weighted by Gasteiger charge is 2.37. The van der Waals surface area contributed by atoms with Crippen molar-refractivity contribution in [3.63, 3.8) is 0 Å². The number of aromatic nitrogens is 2. The van der Waals surface area contributed by atoms with Gasteiger partial charge in [-0.3, -0.25) is 9.59 Å². The minimum Gasteiger partial charge on any atom is -0.486 e. The molecule has 2 amide bonds. The maximum absolute atomic E-state index is 13.5. The van der Waals surface area contributed by atoms with Crippen LogP contribution in [0.3, 0.4) is 0 Å². The Bertz CT molecular complexity index is 1240. The predicted molar refractivity (Wildman–Crippen MR) is 132 cm³/mol. The van der Waals surface area contributed by atoms with Crippen LogP contribution in [0.2, 0.25) is 0 Å². The van der Waals surface area contributed by atoms with Crippen molar-refractivity contribution < 1.29 is 27.9 Å². The lowest BCUT2D eigenvalue weighted by Gasteiger charge is -2.38. The Hall–Kier alpha value is -2.96. The van der Waals surface area contributed by atoms with E-state index in [2.05, 4.69) is 10.3 Å². The Morgan fingerprint density at radius 2 is 2.08 bits per heavy atom. The van der Waals surface area contributed by atoms with E-state index in [4.69, 9.17) is 4.74 Å². The van der Waals surface area contributed by atoms with E-state index < -0.39 is 22.2 Å². The summed E-state index contributed by atoms with van der Waals surface area (Å²) >= 11 is 0. The SMILES string of the molecule is C[C@@H]1CN([C@@H](C)CO)C(=O)c2cccc(NC(=O)C3CC3)c2O[C@@H]1CN(C)S(=O)(=O)c1cn(C)cn1. The number of imidazole rings is 1. The molecule has 0 radical (unpaired) electrons. The summed E-state index contributed by atoms with van der Waals surface area (Å²) in [4.78, 5) is 31.6. The van der Waals surface area contributed by atoms with Gasteiger partial charge in [-0.2, -0.15) is 4.31 Å². The number of aliphatic hydroxyl groups is 1. The molecule has 2 N–H and O–H groups in total. The summed E-state index contributed by atoms with van der Waals surface area (Å²) < 4.78 is 35.4. The van der Waals surface area contributed by atoms with Crippen LogP contribution in [0.4, 0.5) is 5.69 Å². The summed E-state index contributed by atoms with van der Waals surface area (Å²) in [5.41, 5.74) is 0.611. The molecule has 1 aromatic carbocycles.